The minimum absolute atomic E-state index is 0.0444. The average molecular weight is 346 g/mol. The first kappa shape index (κ1) is 15.5. The highest BCUT2D eigenvalue weighted by Crippen LogP contribution is 2.31. The largest absolute Gasteiger partial charge is 0.544 e. The summed E-state index contributed by atoms with van der Waals surface area (Å²) < 4.78 is 5.59. The molecule has 0 N–H and O–H groups in total. The molecular weight excluding hydrogens is 334 g/mol. The van der Waals surface area contributed by atoms with Crippen LogP contribution in [0, 0.1) is 0 Å². The minimum atomic E-state index is -1.26. The Bertz CT molecular complexity index is 1080. The second-order valence-corrected chi connectivity index (χ2v) is 6.41. The van der Waals surface area contributed by atoms with Crippen molar-refractivity contribution in [3.63, 3.8) is 0 Å². The third-order valence-corrected chi connectivity index (χ3v) is 4.64. The molecule has 0 bridgehead atoms. The molecule has 0 fully saturated rings. The van der Waals surface area contributed by atoms with Gasteiger partial charge < -0.3 is 14.3 Å². The first-order valence-corrected chi connectivity index (χ1v) is 8.46. The van der Waals surface area contributed by atoms with E-state index in [2.05, 4.69) is 4.98 Å². The van der Waals surface area contributed by atoms with Gasteiger partial charge in [0.1, 0.15) is 5.52 Å². The number of oxazole rings is 1. The summed E-state index contributed by atoms with van der Waals surface area (Å²) in [4.78, 5) is 15.9. The number of carbonyl (C=O) groups is 1. The van der Waals surface area contributed by atoms with Gasteiger partial charge in [-0.3, -0.25) is 0 Å². The lowest BCUT2D eigenvalue weighted by molar-refractivity contribution is -0.298. The minimum Gasteiger partial charge on any atom is -0.544 e. The summed E-state index contributed by atoms with van der Waals surface area (Å²) in [5.74, 6) is -1.26. The van der Waals surface area contributed by atoms with Gasteiger partial charge in [-0.15, -0.1) is 0 Å². The van der Waals surface area contributed by atoms with Crippen LogP contribution in [0.5, 0.6) is 0 Å². The van der Waals surface area contributed by atoms with Gasteiger partial charge in [-0.05, 0) is 46.3 Å². The summed E-state index contributed by atoms with van der Waals surface area (Å²) in [6.07, 6.45) is 1.59. The van der Waals surface area contributed by atoms with Crippen LogP contribution in [0.4, 0.5) is 0 Å². The summed E-state index contributed by atoms with van der Waals surface area (Å²) >= 11 is 0.947. The number of nitrogens with zero attached hydrogens (tertiary/aromatic N) is 1. The predicted molar refractivity (Wildman–Crippen MR) is 96.8 cm³/mol. The van der Waals surface area contributed by atoms with Crippen LogP contribution < -0.4 is 5.11 Å². The molecule has 122 valence electrons. The standard InChI is InChI=1S/C20H13NO3S/c22-19(23)18(25-20-21-16-10-3-4-11-17(16)24-20)12-14-8-5-7-13-6-1-2-9-15(13)14/h1-12H,(H,22,23)/p-1/b18-12-. The number of para-hydroxylation sites is 2. The molecule has 4 rings (SSSR count). The Hall–Kier alpha value is -3.05. The van der Waals surface area contributed by atoms with Gasteiger partial charge in [0.15, 0.2) is 5.58 Å². The fraction of sp³-hybridized carbons (Fsp3) is 0. The van der Waals surface area contributed by atoms with Gasteiger partial charge in [-0.25, -0.2) is 4.98 Å². The summed E-state index contributed by atoms with van der Waals surface area (Å²) in [7, 11) is 0. The Morgan fingerprint density at radius 3 is 2.60 bits per heavy atom. The molecular formula is C20H12NO3S-. The van der Waals surface area contributed by atoms with Gasteiger partial charge in [-0.1, -0.05) is 54.6 Å². The predicted octanol–water partition coefficient (Wildman–Crippen LogP) is 3.86. The van der Waals surface area contributed by atoms with Crippen molar-refractivity contribution in [3.05, 3.63) is 77.2 Å². The number of benzene rings is 3. The first-order chi connectivity index (χ1) is 12.2. The normalized spacial score (nSPS) is 11.9. The Labute approximate surface area is 147 Å². The summed E-state index contributed by atoms with van der Waals surface area (Å²) in [6, 6.07) is 20.9. The molecule has 0 atom stereocenters. The quantitative estimate of drug-likeness (QED) is 0.415. The number of aromatic nitrogens is 1. The molecule has 0 aliphatic rings. The van der Waals surface area contributed by atoms with E-state index in [9.17, 15) is 9.90 Å². The van der Waals surface area contributed by atoms with E-state index in [0.29, 0.717) is 11.1 Å². The maximum atomic E-state index is 11.6. The van der Waals surface area contributed by atoms with Gasteiger partial charge in [0.05, 0.1) is 5.97 Å². The molecule has 0 radical (unpaired) electrons. The van der Waals surface area contributed by atoms with Crippen molar-refractivity contribution in [1.29, 1.82) is 0 Å². The fourth-order valence-corrected chi connectivity index (χ4v) is 3.37. The lowest BCUT2D eigenvalue weighted by atomic mass is 10.0. The molecule has 3 aromatic carbocycles. The van der Waals surface area contributed by atoms with Gasteiger partial charge in [-0.2, -0.15) is 0 Å². The molecule has 4 aromatic rings. The zero-order valence-corrected chi connectivity index (χ0v) is 13.8. The highest BCUT2D eigenvalue weighted by Gasteiger charge is 2.10. The monoisotopic (exact) mass is 346 g/mol. The Balaban J connectivity index is 1.75. The summed E-state index contributed by atoms with van der Waals surface area (Å²) in [5, 5.41) is 13.9. The highest BCUT2D eigenvalue weighted by atomic mass is 32.2. The van der Waals surface area contributed by atoms with E-state index in [-0.39, 0.29) is 10.1 Å². The Kier molecular flexibility index (Phi) is 3.99. The summed E-state index contributed by atoms with van der Waals surface area (Å²) in [5.41, 5.74) is 2.11. The molecule has 4 nitrogen and oxygen atoms in total. The maximum absolute atomic E-state index is 11.6. The molecule has 0 amide bonds. The van der Waals surface area contributed by atoms with Gasteiger partial charge >= 0.3 is 0 Å². The number of hydrogen-bond acceptors (Lipinski definition) is 5. The number of hydrogen-bond donors (Lipinski definition) is 0. The van der Waals surface area contributed by atoms with Gasteiger partial charge in [0.2, 0.25) is 0 Å². The zero-order chi connectivity index (χ0) is 17.2. The SMILES string of the molecule is O=C([O-])/C(=C/c1cccc2ccccc12)Sc1nc2ccccc2o1. The molecule has 0 saturated carbocycles. The number of carbonyl (C=O) groups excluding carboxylic acids is 1. The van der Waals surface area contributed by atoms with Crippen molar-refractivity contribution < 1.29 is 14.3 Å². The van der Waals surface area contributed by atoms with Crippen LogP contribution in [0.2, 0.25) is 0 Å². The molecule has 0 saturated heterocycles. The Morgan fingerprint density at radius 2 is 1.76 bits per heavy atom. The van der Waals surface area contributed by atoms with Crippen LogP contribution in [0.1, 0.15) is 5.56 Å². The van der Waals surface area contributed by atoms with E-state index < -0.39 is 5.97 Å². The van der Waals surface area contributed by atoms with Crippen molar-refractivity contribution in [2.45, 2.75) is 5.22 Å². The molecule has 0 spiro atoms. The molecule has 0 aliphatic heterocycles. The van der Waals surface area contributed by atoms with Crippen LogP contribution in [0.3, 0.4) is 0 Å². The van der Waals surface area contributed by atoms with Crippen molar-refractivity contribution in [3.8, 4) is 0 Å². The second kappa shape index (κ2) is 6.45. The maximum Gasteiger partial charge on any atom is 0.261 e. The molecule has 0 unspecified atom stereocenters. The summed E-state index contributed by atoms with van der Waals surface area (Å²) in [6.45, 7) is 0. The van der Waals surface area contributed by atoms with E-state index >= 15 is 0 Å². The van der Waals surface area contributed by atoms with Crippen molar-refractivity contribution in [2.75, 3.05) is 0 Å². The lowest BCUT2D eigenvalue weighted by Gasteiger charge is -2.07. The third kappa shape index (κ3) is 3.14. The molecule has 25 heavy (non-hydrogen) atoms. The first-order valence-electron chi connectivity index (χ1n) is 7.65. The number of carboxylic acid groups (broad SMARTS) is 1. The smallest absolute Gasteiger partial charge is 0.261 e. The molecule has 1 aromatic heterocycles. The van der Waals surface area contributed by atoms with Crippen LogP contribution in [-0.2, 0) is 4.79 Å². The number of carboxylic acids is 1. The van der Waals surface area contributed by atoms with E-state index in [4.69, 9.17) is 4.42 Å². The lowest BCUT2D eigenvalue weighted by Crippen LogP contribution is -2.23. The number of thioether (sulfide) groups is 1. The average Bonchev–Trinajstić information content (AvgIpc) is 3.04. The molecule has 0 aliphatic carbocycles. The van der Waals surface area contributed by atoms with Crippen LogP contribution in [-0.4, -0.2) is 11.0 Å². The van der Waals surface area contributed by atoms with E-state index in [1.54, 1.807) is 12.1 Å². The molecule has 1 heterocycles. The van der Waals surface area contributed by atoms with Crippen molar-refractivity contribution >= 4 is 45.7 Å². The van der Waals surface area contributed by atoms with E-state index in [0.717, 1.165) is 28.1 Å². The number of rotatable bonds is 4. The van der Waals surface area contributed by atoms with Crippen molar-refractivity contribution in [1.82, 2.24) is 4.98 Å². The van der Waals surface area contributed by atoms with E-state index in [1.165, 1.54) is 0 Å². The zero-order valence-electron chi connectivity index (χ0n) is 13.0. The Morgan fingerprint density at radius 1 is 1.00 bits per heavy atom. The topological polar surface area (TPSA) is 66.2 Å². The van der Waals surface area contributed by atoms with Gasteiger partial charge in [0, 0.05) is 4.91 Å². The van der Waals surface area contributed by atoms with Crippen LogP contribution >= 0.6 is 11.8 Å². The third-order valence-electron chi connectivity index (χ3n) is 3.78. The van der Waals surface area contributed by atoms with Crippen LogP contribution in [0.25, 0.3) is 27.9 Å². The van der Waals surface area contributed by atoms with E-state index in [1.807, 2.05) is 60.7 Å². The number of fused-ring (bicyclic) bond motifs is 2. The highest BCUT2D eigenvalue weighted by molar-refractivity contribution is 8.03. The fourth-order valence-electron chi connectivity index (χ4n) is 2.64. The van der Waals surface area contributed by atoms with Crippen molar-refractivity contribution in [2.24, 2.45) is 0 Å². The molecule has 5 heteroatoms. The van der Waals surface area contributed by atoms with Gasteiger partial charge in [0.25, 0.3) is 5.22 Å². The number of aliphatic carboxylic acids is 1. The second-order valence-electron chi connectivity index (χ2n) is 5.41. The van der Waals surface area contributed by atoms with Crippen LogP contribution in [0.15, 0.2) is 81.3 Å².